The number of unbranched alkanes of at least 4 members (excludes halogenated alkanes) is 6. The molecule has 0 aliphatic carbocycles. The summed E-state index contributed by atoms with van der Waals surface area (Å²) in [5, 5.41) is 22.5. The molecule has 2 aromatic carbocycles. The lowest BCUT2D eigenvalue weighted by molar-refractivity contribution is -0.132. The summed E-state index contributed by atoms with van der Waals surface area (Å²) in [5.74, 6) is -0.179. The number of aryl methyl sites for hydroxylation is 2. The van der Waals surface area contributed by atoms with Crippen LogP contribution < -0.4 is 9.47 Å². The summed E-state index contributed by atoms with van der Waals surface area (Å²) in [4.78, 5) is 19.6. The van der Waals surface area contributed by atoms with E-state index in [1.54, 1.807) is 17.4 Å². The smallest absolute Gasteiger partial charge is 0.346 e. The molecule has 56 heavy (non-hydrogen) atoms. The van der Waals surface area contributed by atoms with Crippen molar-refractivity contribution >= 4 is 79.2 Å². The highest BCUT2D eigenvalue weighted by molar-refractivity contribution is 7.24. The van der Waals surface area contributed by atoms with Gasteiger partial charge in [0.2, 0.25) is 0 Å². The molecule has 10 heteroatoms. The summed E-state index contributed by atoms with van der Waals surface area (Å²) in [6.45, 7) is 5.28. The Morgan fingerprint density at radius 3 is 1.84 bits per heavy atom. The van der Waals surface area contributed by atoms with Crippen LogP contribution in [0.1, 0.15) is 79.8 Å². The van der Waals surface area contributed by atoms with Crippen molar-refractivity contribution < 1.29 is 19.4 Å². The number of hydrogen-bond donors (Lipinski definition) is 1. The standard InChI is InChI=1S/C46H44N2O4S4/c1-3-5-7-9-11-32-15-19-38(53-32)29-13-17-36-34(25-29)35-26-30(39-20-16-33(54-39)12-10-8-6-4-2)14-18-37(35)48(36)42-22-21-40(55-42)45-44-43(51-23-24-52-44)41(56-45)27-31(28-47)46(49)50/h13-22,25-27H,3-12,23-24H2,1-2H3,(H,49,50)/b31-27+. The number of carboxylic acids is 1. The van der Waals surface area contributed by atoms with Crippen LogP contribution in [0.2, 0.25) is 0 Å². The molecule has 6 nitrogen and oxygen atoms in total. The Morgan fingerprint density at radius 1 is 0.714 bits per heavy atom. The summed E-state index contributed by atoms with van der Waals surface area (Å²) < 4.78 is 14.4. The van der Waals surface area contributed by atoms with E-state index in [0.29, 0.717) is 29.6 Å². The largest absolute Gasteiger partial charge is 0.485 e. The fourth-order valence-corrected chi connectivity index (χ4v) is 11.8. The molecular formula is C46H44N2O4S4. The number of ether oxygens (including phenoxy) is 2. The molecule has 0 radical (unpaired) electrons. The van der Waals surface area contributed by atoms with Gasteiger partial charge in [-0.3, -0.25) is 0 Å². The first-order valence-electron chi connectivity index (χ1n) is 19.6. The maximum atomic E-state index is 11.7. The Balaban J connectivity index is 1.20. The molecule has 5 aromatic heterocycles. The molecule has 0 fully saturated rings. The Hall–Kier alpha value is -4.66. The molecule has 0 saturated heterocycles. The third kappa shape index (κ3) is 7.83. The minimum absolute atomic E-state index is 0.345. The molecule has 6 heterocycles. The first-order chi connectivity index (χ1) is 27.4. The quantitative estimate of drug-likeness (QED) is 0.0596. The van der Waals surface area contributed by atoms with Gasteiger partial charge in [-0.15, -0.1) is 45.3 Å². The number of carbonyl (C=O) groups is 1. The Labute approximate surface area is 343 Å². The minimum atomic E-state index is -1.27. The lowest BCUT2D eigenvalue weighted by Gasteiger charge is -2.16. The number of aliphatic carboxylic acids is 1. The van der Waals surface area contributed by atoms with Crippen LogP contribution in [0.3, 0.4) is 0 Å². The summed E-state index contributed by atoms with van der Waals surface area (Å²) in [6, 6.07) is 29.1. The van der Waals surface area contributed by atoms with E-state index >= 15 is 0 Å². The van der Waals surface area contributed by atoms with Crippen LogP contribution in [-0.4, -0.2) is 28.9 Å². The van der Waals surface area contributed by atoms with Gasteiger partial charge < -0.3 is 19.1 Å². The van der Waals surface area contributed by atoms with Crippen LogP contribution in [0.4, 0.5) is 0 Å². The lowest BCUT2D eigenvalue weighted by atomic mass is 10.1. The number of benzene rings is 2. The number of hydrogen-bond acceptors (Lipinski definition) is 8. The fourth-order valence-electron chi connectivity index (χ4n) is 7.43. The van der Waals surface area contributed by atoms with E-state index in [4.69, 9.17) is 9.47 Å². The first kappa shape index (κ1) is 38.2. The van der Waals surface area contributed by atoms with E-state index in [2.05, 4.69) is 91.2 Å². The predicted octanol–water partition coefficient (Wildman–Crippen LogP) is 14.0. The van der Waals surface area contributed by atoms with Crippen molar-refractivity contribution in [1.29, 1.82) is 5.26 Å². The van der Waals surface area contributed by atoms with Crippen molar-refractivity contribution in [3.05, 3.63) is 93.0 Å². The molecule has 0 atom stereocenters. The van der Waals surface area contributed by atoms with Crippen LogP contribution in [-0.2, 0) is 17.6 Å². The third-order valence-electron chi connectivity index (χ3n) is 10.3. The van der Waals surface area contributed by atoms with Gasteiger partial charge >= 0.3 is 5.97 Å². The summed E-state index contributed by atoms with van der Waals surface area (Å²) >= 11 is 6.88. The summed E-state index contributed by atoms with van der Waals surface area (Å²) in [7, 11) is 0. The predicted molar refractivity (Wildman–Crippen MR) is 237 cm³/mol. The molecule has 0 saturated carbocycles. The van der Waals surface area contributed by atoms with Crippen molar-refractivity contribution in [1.82, 2.24) is 4.57 Å². The topological polar surface area (TPSA) is 84.5 Å². The Kier molecular flexibility index (Phi) is 11.8. The monoisotopic (exact) mass is 816 g/mol. The van der Waals surface area contributed by atoms with Gasteiger partial charge in [0, 0.05) is 30.3 Å². The number of rotatable bonds is 16. The van der Waals surface area contributed by atoms with Crippen molar-refractivity contribution in [2.75, 3.05) is 13.2 Å². The molecule has 0 unspecified atom stereocenters. The van der Waals surface area contributed by atoms with Gasteiger partial charge in [-0.05, 0) is 104 Å². The van der Waals surface area contributed by atoms with Crippen molar-refractivity contribution in [2.24, 2.45) is 0 Å². The zero-order valence-corrected chi connectivity index (χ0v) is 35.0. The van der Waals surface area contributed by atoms with E-state index < -0.39 is 5.97 Å². The van der Waals surface area contributed by atoms with Crippen molar-refractivity contribution in [2.45, 2.75) is 78.1 Å². The highest BCUT2D eigenvalue weighted by Gasteiger charge is 2.27. The van der Waals surface area contributed by atoms with Gasteiger partial charge in [0.25, 0.3) is 0 Å². The molecular weight excluding hydrogens is 773 g/mol. The Morgan fingerprint density at radius 2 is 1.29 bits per heavy atom. The fraction of sp³-hybridized carbons (Fsp3) is 0.304. The number of thiophene rings is 4. The zero-order valence-electron chi connectivity index (χ0n) is 31.7. The molecule has 286 valence electrons. The van der Waals surface area contributed by atoms with Gasteiger partial charge in [-0.1, -0.05) is 64.5 Å². The molecule has 7 aromatic rings. The Bertz CT molecular complexity index is 2480. The van der Waals surface area contributed by atoms with Gasteiger partial charge in [-0.25, -0.2) is 4.79 Å². The van der Waals surface area contributed by atoms with Gasteiger partial charge in [0.05, 0.1) is 25.7 Å². The third-order valence-corrected chi connectivity index (χ3v) is 15.0. The number of nitriles is 1. The molecule has 1 aliphatic rings. The molecule has 0 amide bonds. The molecule has 0 spiro atoms. The van der Waals surface area contributed by atoms with E-state index in [1.165, 1.54) is 110 Å². The van der Waals surface area contributed by atoms with Crippen molar-refractivity contribution in [3.8, 4) is 53.2 Å². The van der Waals surface area contributed by atoms with E-state index in [0.717, 1.165) is 38.6 Å². The number of carboxylic acid groups (broad SMARTS) is 1. The van der Waals surface area contributed by atoms with E-state index in [-0.39, 0.29) is 5.57 Å². The second-order valence-corrected chi connectivity index (χ2v) is 18.7. The SMILES string of the molecule is CCCCCCc1ccc(-c2ccc3c(c2)c2cc(-c4ccc(CCCCCC)s4)ccc2n3-c2ccc(-c3sc(/C=C(\C#N)C(=O)O)c4c3OCCO4)s2)s1. The second kappa shape index (κ2) is 17.2. The van der Waals surface area contributed by atoms with Crippen LogP contribution in [0.15, 0.2) is 78.4 Å². The van der Waals surface area contributed by atoms with Crippen LogP contribution in [0, 0.1) is 11.3 Å². The van der Waals surface area contributed by atoms with Gasteiger partial charge in [-0.2, -0.15) is 5.26 Å². The zero-order chi connectivity index (χ0) is 38.6. The van der Waals surface area contributed by atoms with Gasteiger partial charge in [0.1, 0.15) is 29.9 Å². The molecule has 1 aliphatic heterocycles. The molecule has 1 N–H and O–H groups in total. The lowest BCUT2D eigenvalue weighted by Crippen LogP contribution is -2.14. The average molecular weight is 817 g/mol. The van der Waals surface area contributed by atoms with Crippen LogP contribution in [0.25, 0.3) is 63.5 Å². The molecule has 0 bridgehead atoms. The van der Waals surface area contributed by atoms with E-state index in [1.807, 2.05) is 22.7 Å². The summed E-state index contributed by atoms with van der Waals surface area (Å²) in [6.07, 6.45) is 13.8. The second-order valence-electron chi connectivity index (χ2n) is 14.2. The number of fused-ring (bicyclic) bond motifs is 4. The van der Waals surface area contributed by atoms with Gasteiger partial charge in [0.15, 0.2) is 11.5 Å². The average Bonchev–Trinajstić information content (AvgIpc) is 4.07. The number of aromatic nitrogens is 1. The maximum absolute atomic E-state index is 11.7. The number of nitrogens with zero attached hydrogens (tertiary/aromatic N) is 2. The maximum Gasteiger partial charge on any atom is 0.346 e. The molecule has 8 rings (SSSR count). The summed E-state index contributed by atoms with van der Waals surface area (Å²) in [5.41, 5.74) is 4.42. The normalized spacial score (nSPS) is 12.8. The highest BCUT2D eigenvalue weighted by atomic mass is 32.1. The van der Waals surface area contributed by atoms with Crippen LogP contribution in [0.5, 0.6) is 11.5 Å². The minimum Gasteiger partial charge on any atom is -0.485 e. The highest BCUT2D eigenvalue weighted by Crippen LogP contribution is 2.52. The van der Waals surface area contributed by atoms with Crippen LogP contribution >= 0.6 is 45.3 Å². The van der Waals surface area contributed by atoms with E-state index in [9.17, 15) is 15.2 Å². The first-order valence-corrected chi connectivity index (χ1v) is 22.9. The van der Waals surface area contributed by atoms with Crippen molar-refractivity contribution in [3.63, 3.8) is 0 Å².